The molecule has 0 atom stereocenters. The zero-order chi connectivity index (χ0) is 15.9. The van der Waals surface area contributed by atoms with Gasteiger partial charge in [0.05, 0.1) is 12.7 Å². The largest absolute Gasteiger partial charge is 0.496 e. The number of anilines is 1. The minimum atomic E-state index is -0.328. The number of thiocarbonyl (C=S) groups is 1. The van der Waals surface area contributed by atoms with E-state index in [1.165, 1.54) is 7.11 Å². The number of rotatable bonds is 3. The fraction of sp³-hybridized carbons (Fsp3) is 0.125. The van der Waals surface area contributed by atoms with Crippen molar-refractivity contribution in [3.63, 3.8) is 0 Å². The third-order valence-corrected chi connectivity index (χ3v) is 3.15. The number of methoxy groups -OCH3 is 1. The van der Waals surface area contributed by atoms with Crippen LogP contribution >= 0.6 is 12.2 Å². The van der Waals surface area contributed by atoms with Gasteiger partial charge in [0.2, 0.25) is 0 Å². The van der Waals surface area contributed by atoms with Crippen molar-refractivity contribution in [1.29, 1.82) is 0 Å². The molecule has 3 N–H and O–H groups in total. The first-order valence-electron chi connectivity index (χ1n) is 6.67. The molecular formula is C16H17N3O2S. The Morgan fingerprint density at radius 2 is 1.73 bits per heavy atom. The van der Waals surface area contributed by atoms with Gasteiger partial charge < -0.3 is 10.1 Å². The van der Waals surface area contributed by atoms with E-state index >= 15 is 0 Å². The molecule has 0 aliphatic heterocycles. The zero-order valence-electron chi connectivity index (χ0n) is 12.3. The Hall–Kier alpha value is -2.60. The average Bonchev–Trinajstić information content (AvgIpc) is 2.54. The lowest BCUT2D eigenvalue weighted by Crippen LogP contribution is -2.43. The van der Waals surface area contributed by atoms with Crippen molar-refractivity contribution in [2.24, 2.45) is 0 Å². The molecule has 0 spiro atoms. The summed E-state index contributed by atoms with van der Waals surface area (Å²) < 4.78 is 5.14. The maximum absolute atomic E-state index is 12.1. The molecule has 22 heavy (non-hydrogen) atoms. The Morgan fingerprint density at radius 3 is 2.41 bits per heavy atom. The van der Waals surface area contributed by atoms with Crippen molar-refractivity contribution in [3.8, 4) is 5.75 Å². The highest BCUT2D eigenvalue weighted by Crippen LogP contribution is 2.16. The molecule has 0 saturated carbocycles. The molecule has 0 unspecified atom stereocenters. The van der Waals surface area contributed by atoms with Gasteiger partial charge in [0.25, 0.3) is 5.91 Å². The lowest BCUT2D eigenvalue weighted by molar-refractivity contribution is 0.0941. The minimum Gasteiger partial charge on any atom is -0.496 e. The topological polar surface area (TPSA) is 62.4 Å². The summed E-state index contributed by atoms with van der Waals surface area (Å²) >= 11 is 5.13. The molecule has 0 radical (unpaired) electrons. The molecule has 2 rings (SSSR count). The summed E-state index contributed by atoms with van der Waals surface area (Å²) in [6, 6.07) is 14.7. The summed E-state index contributed by atoms with van der Waals surface area (Å²) in [7, 11) is 1.52. The van der Waals surface area contributed by atoms with Gasteiger partial charge in [0.15, 0.2) is 5.11 Å². The predicted molar refractivity (Wildman–Crippen MR) is 91.0 cm³/mol. The molecule has 0 aliphatic carbocycles. The summed E-state index contributed by atoms with van der Waals surface area (Å²) in [6.45, 7) is 2.01. The van der Waals surface area contributed by atoms with Crippen molar-refractivity contribution in [1.82, 2.24) is 10.9 Å². The predicted octanol–water partition coefficient (Wildman–Crippen LogP) is 2.64. The van der Waals surface area contributed by atoms with E-state index < -0.39 is 0 Å². The molecule has 2 aromatic rings. The Morgan fingerprint density at radius 1 is 1.05 bits per heavy atom. The van der Waals surface area contributed by atoms with Crippen LogP contribution in [0.25, 0.3) is 0 Å². The number of hydrazine groups is 1. The van der Waals surface area contributed by atoms with E-state index in [0.717, 1.165) is 11.3 Å². The number of nitrogens with one attached hydrogen (secondary N) is 3. The smallest absolute Gasteiger partial charge is 0.273 e. The molecule has 0 aliphatic rings. The molecular weight excluding hydrogens is 298 g/mol. The van der Waals surface area contributed by atoms with Crippen LogP contribution in [-0.2, 0) is 0 Å². The third kappa shape index (κ3) is 4.20. The number of amides is 1. The molecule has 0 saturated heterocycles. The molecule has 5 nitrogen and oxygen atoms in total. The number of carbonyl (C=O) groups is 1. The summed E-state index contributed by atoms with van der Waals surface area (Å²) in [6.07, 6.45) is 0. The van der Waals surface area contributed by atoms with E-state index in [1.54, 1.807) is 24.3 Å². The van der Waals surface area contributed by atoms with Crippen LogP contribution in [0.4, 0.5) is 5.69 Å². The van der Waals surface area contributed by atoms with Crippen LogP contribution in [0.3, 0.4) is 0 Å². The molecule has 114 valence electrons. The first-order chi connectivity index (χ1) is 10.6. The first-order valence-corrected chi connectivity index (χ1v) is 7.08. The highest BCUT2D eigenvalue weighted by atomic mass is 32.1. The quantitative estimate of drug-likeness (QED) is 0.600. The number of hydrogen-bond donors (Lipinski definition) is 3. The van der Waals surface area contributed by atoms with Crippen molar-refractivity contribution in [2.45, 2.75) is 6.92 Å². The van der Waals surface area contributed by atoms with Gasteiger partial charge in [-0.15, -0.1) is 0 Å². The van der Waals surface area contributed by atoms with Gasteiger partial charge in [0.1, 0.15) is 5.75 Å². The molecule has 1 amide bonds. The molecule has 0 aromatic heterocycles. The maximum atomic E-state index is 12.1. The van der Waals surface area contributed by atoms with Crippen LogP contribution < -0.4 is 20.9 Å². The van der Waals surface area contributed by atoms with E-state index in [4.69, 9.17) is 17.0 Å². The van der Waals surface area contributed by atoms with Gasteiger partial charge in [-0.3, -0.25) is 15.6 Å². The standard InChI is InChI=1S/C16H17N3O2S/c1-11-7-9-12(10-8-11)17-16(22)19-18-15(20)13-5-3-4-6-14(13)21-2/h3-10H,1-2H3,(H,18,20)(H2,17,19,22). The monoisotopic (exact) mass is 315 g/mol. The molecule has 0 bridgehead atoms. The fourth-order valence-corrected chi connectivity index (χ4v) is 1.98. The van der Waals surface area contributed by atoms with Gasteiger partial charge in [-0.2, -0.15) is 0 Å². The normalized spacial score (nSPS) is 9.73. The van der Waals surface area contributed by atoms with Crippen molar-refractivity contribution < 1.29 is 9.53 Å². The summed E-state index contributed by atoms with van der Waals surface area (Å²) in [4.78, 5) is 12.1. The van der Waals surface area contributed by atoms with Crippen molar-refractivity contribution in [3.05, 3.63) is 59.7 Å². The second kappa shape index (κ2) is 7.42. The summed E-state index contributed by atoms with van der Waals surface area (Å²) in [5, 5.41) is 3.28. The zero-order valence-corrected chi connectivity index (χ0v) is 13.2. The Kier molecular flexibility index (Phi) is 5.32. The number of carbonyl (C=O) groups excluding carboxylic acids is 1. The van der Waals surface area contributed by atoms with E-state index in [2.05, 4.69) is 16.2 Å². The second-order valence-corrected chi connectivity index (χ2v) is 5.01. The SMILES string of the molecule is COc1ccccc1C(=O)NNC(=S)Nc1ccc(C)cc1. The van der Waals surface area contributed by atoms with Gasteiger partial charge in [-0.1, -0.05) is 29.8 Å². The van der Waals surface area contributed by atoms with Crippen LogP contribution in [0.15, 0.2) is 48.5 Å². The molecule has 2 aromatic carbocycles. The highest BCUT2D eigenvalue weighted by molar-refractivity contribution is 7.80. The highest BCUT2D eigenvalue weighted by Gasteiger charge is 2.11. The van der Waals surface area contributed by atoms with Gasteiger partial charge in [-0.05, 0) is 43.4 Å². The summed E-state index contributed by atoms with van der Waals surface area (Å²) in [5.74, 6) is 0.171. The van der Waals surface area contributed by atoms with Gasteiger partial charge >= 0.3 is 0 Å². The van der Waals surface area contributed by atoms with E-state index in [-0.39, 0.29) is 5.91 Å². The maximum Gasteiger partial charge on any atom is 0.273 e. The number of aryl methyl sites for hydroxylation is 1. The average molecular weight is 315 g/mol. The number of para-hydroxylation sites is 1. The van der Waals surface area contributed by atoms with Crippen LogP contribution in [0, 0.1) is 6.92 Å². The molecule has 0 fully saturated rings. The van der Waals surface area contributed by atoms with E-state index in [9.17, 15) is 4.79 Å². The lowest BCUT2D eigenvalue weighted by atomic mass is 10.2. The van der Waals surface area contributed by atoms with Crippen molar-refractivity contribution in [2.75, 3.05) is 12.4 Å². The van der Waals surface area contributed by atoms with Gasteiger partial charge in [-0.25, -0.2) is 0 Å². The fourth-order valence-electron chi connectivity index (χ4n) is 1.81. The van der Waals surface area contributed by atoms with Crippen molar-refractivity contribution >= 4 is 28.9 Å². The first kappa shape index (κ1) is 15.8. The number of hydrogen-bond acceptors (Lipinski definition) is 3. The summed E-state index contributed by atoms with van der Waals surface area (Å²) in [5.41, 5.74) is 7.62. The Labute approximate surface area is 134 Å². The number of benzene rings is 2. The van der Waals surface area contributed by atoms with Crippen LogP contribution in [0.5, 0.6) is 5.75 Å². The second-order valence-electron chi connectivity index (χ2n) is 4.60. The lowest BCUT2D eigenvalue weighted by Gasteiger charge is -2.13. The van der Waals surface area contributed by atoms with Gasteiger partial charge in [0, 0.05) is 5.69 Å². The van der Waals surface area contributed by atoms with Crippen LogP contribution in [0.2, 0.25) is 0 Å². The van der Waals surface area contributed by atoms with E-state index in [0.29, 0.717) is 16.4 Å². The minimum absolute atomic E-state index is 0.298. The Bertz CT molecular complexity index is 671. The number of ether oxygens (including phenoxy) is 1. The van der Waals surface area contributed by atoms with Crippen LogP contribution in [0.1, 0.15) is 15.9 Å². The molecule has 6 heteroatoms. The Balaban J connectivity index is 1.90. The third-order valence-electron chi connectivity index (χ3n) is 2.95. The molecule has 0 heterocycles. The van der Waals surface area contributed by atoms with E-state index in [1.807, 2.05) is 31.2 Å². The van der Waals surface area contributed by atoms with Crippen LogP contribution in [-0.4, -0.2) is 18.1 Å².